The van der Waals surface area contributed by atoms with Crippen LogP contribution < -0.4 is 5.32 Å². The third kappa shape index (κ3) is 6.29. The van der Waals surface area contributed by atoms with Gasteiger partial charge in [-0.05, 0) is 36.2 Å². The highest BCUT2D eigenvalue weighted by atomic mass is 35.5. The lowest BCUT2D eigenvalue weighted by molar-refractivity contribution is -0.179. The summed E-state index contributed by atoms with van der Waals surface area (Å²) >= 11 is 5.76. The number of halogens is 7. The van der Waals surface area contributed by atoms with E-state index in [-0.39, 0.29) is 42.5 Å². The Balaban J connectivity index is 1.44. The van der Waals surface area contributed by atoms with E-state index in [9.17, 15) is 35.9 Å². The Morgan fingerprint density at radius 2 is 1.84 bits per heavy atom. The molecule has 1 aromatic heterocycles. The first-order valence-electron chi connectivity index (χ1n) is 11.3. The Kier molecular flexibility index (Phi) is 7.60. The first kappa shape index (κ1) is 27.0. The zero-order chi connectivity index (χ0) is 27.0. The molecule has 2 amide bonds. The SMILES string of the molecule is O=C(OCc1cc(Cl)cc(C(F)(F)F)c1)N1CCCn2nc(C(=O)N3CCNCC3C(F)(F)F)cc2C1. The summed E-state index contributed by atoms with van der Waals surface area (Å²) in [6, 6.07) is 2.21. The largest absolute Gasteiger partial charge is 0.445 e. The van der Waals surface area contributed by atoms with Crippen molar-refractivity contribution >= 4 is 23.6 Å². The van der Waals surface area contributed by atoms with E-state index < -0.39 is 49.1 Å². The van der Waals surface area contributed by atoms with Crippen LogP contribution in [0.1, 0.15) is 33.7 Å². The molecule has 1 aromatic carbocycles. The average Bonchev–Trinajstić information content (AvgIpc) is 3.12. The Morgan fingerprint density at radius 3 is 2.54 bits per heavy atom. The Hall–Kier alpha value is -3.00. The Bertz CT molecular complexity index is 1170. The number of nitrogens with one attached hydrogen (secondary N) is 1. The molecule has 0 radical (unpaired) electrons. The minimum absolute atomic E-state index is 0.0489. The summed E-state index contributed by atoms with van der Waals surface area (Å²) in [4.78, 5) is 27.6. The minimum atomic E-state index is -4.62. The number of aryl methyl sites for hydroxylation is 1. The molecule has 1 N–H and O–H groups in total. The van der Waals surface area contributed by atoms with Gasteiger partial charge in [-0.25, -0.2) is 4.79 Å². The second-order valence-electron chi connectivity index (χ2n) is 8.68. The van der Waals surface area contributed by atoms with Gasteiger partial charge in [-0.2, -0.15) is 31.4 Å². The molecule has 4 rings (SSSR count). The number of rotatable bonds is 3. The van der Waals surface area contributed by atoms with Crippen molar-refractivity contribution in [2.24, 2.45) is 0 Å². The number of ether oxygens (including phenoxy) is 1. The summed E-state index contributed by atoms with van der Waals surface area (Å²) in [5.41, 5.74) is -0.672. The normalized spacial score (nSPS) is 18.8. The predicted molar refractivity (Wildman–Crippen MR) is 118 cm³/mol. The molecule has 2 aliphatic heterocycles. The molecule has 1 atom stereocenters. The number of benzene rings is 1. The summed E-state index contributed by atoms with van der Waals surface area (Å²) in [6.45, 7) is -0.301. The molecule has 2 aromatic rings. The van der Waals surface area contributed by atoms with E-state index in [1.54, 1.807) is 0 Å². The second kappa shape index (κ2) is 10.4. The van der Waals surface area contributed by atoms with Gasteiger partial charge in [0.15, 0.2) is 5.69 Å². The Morgan fingerprint density at radius 1 is 1.08 bits per heavy atom. The fourth-order valence-electron chi connectivity index (χ4n) is 4.24. The van der Waals surface area contributed by atoms with Crippen LogP contribution >= 0.6 is 11.6 Å². The highest BCUT2D eigenvalue weighted by Crippen LogP contribution is 2.32. The van der Waals surface area contributed by atoms with Gasteiger partial charge in [-0.1, -0.05) is 11.6 Å². The highest BCUT2D eigenvalue weighted by Gasteiger charge is 2.47. The maximum Gasteiger partial charge on any atom is 0.416 e. The van der Waals surface area contributed by atoms with Crippen LogP contribution in [0.4, 0.5) is 31.1 Å². The van der Waals surface area contributed by atoms with Crippen LogP contribution in [0.3, 0.4) is 0 Å². The summed E-state index contributed by atoms with van der Waals surface area (Å²) in [6.07, 6.45) is -9.63. The number of piperazine rings is 1. The van der Waals surface area contributed by atoms with Gasteiger partial charge in [0.2, 0.25) is 0 Å². The van der Waals surface area contributed by atoms with Gasteiger partial charge in [0, 0.05) is 37.7 Å². The van der Waals surface area contributed by atoms with Gasteiger partial charge < -0.3 is 19.9 Å². The summed E-state index contributed by atoms with van der Waals surface area (Å²) in [5.74, 6) is -0.861. The molecule has 0 spiro atoms. The van der Waals surface area contributed by atoms with Gasteiger partial charge in [-0.15, -0.1) is 0 Å². The number of nitrogens with zero attached hydrogens (tertiary/aromatic N) is 4. The van der Waals surface area contributed by atoms with Crippen molar-refractivity contribution in [2.75, 3.05) is 26.2 Å². The van der Waals surface area contributed by atoms with Gasteiger partial charge >= 0.3 is 18.4 Å². The van der Waals surface area contributed by atoms with E-state index >= 15 is 0 Å². The van der Waals surface area contributed by atoms with Crippen LogP contribution in [0, 0.1) is 0 Å². The van der Waals surface area contributed by atoms with Crippen molar-refractivity contribution in [3.63, 3.8) is 0 Å². The number of alkyl halides is 6. The molecule has 2 aliphatic rings. The minimum Gasteiger partial charge on any atom is -0.445 e. The zero-order valence-corrected chi connectivity index (χ0v) is 20.0. The number of hydrogen-bond acceptors (Lipinski definition) is 5. The highest BCUT2D eigenvalue weighted by molar-refractivity contribution is 6.30. The molecule has 0 aliphatic carbocycles. The van der Waals surface area contributed by atoms with E-state index in [0.29, 0.717) is 18.7 Å². The van der Waals surface area contributed by atoms with E-state index in [0.717, 1.165) is 17.0 Å². The van der Waals surface area contributed by atoms with Gasteiger partial charge in [0.05, 0.1) is 17.8 Å². The van der Waals surface area contributed by atoms with Crippen molar-refractivity contribution in [3.8, 4) is 0 Å². The molecule has 1 saturated heterocycles. The molecular formula is C22H22ClF6N5O3. The lowest BCUT2D eigenvalue weighted by Gasteiger charge is -2.36. The maximum absolute atomic E-state index is 13.4. The van der Waals surface area contributed by atoms with E-state index in [4.69, 9.17) is 16.3 Å². The molecule has 15 heteroatoms. The molecule has 3 heterocycles. The van der Waals surface area contributed by atoms with Crippen molar-refractivity contribution in [1.82, 2.24) is 24.9 Å². The van der Waals surface area contributed by atoms with Crippen molar-refractivity contribution < 1.29 is 40.7 Å². The second-order valence-corrected chi connectivity index (χ2v) is 9.12. The molecule has 8 nitrogen and oxygen atoms in total. The molecule has 0 saturated carbocycles. The monoisotopic (exact) mass is 553 g/mol. The molecule has 1 fully saturated rings. The number of amides is 2. The van der Waals surface area contributed by atoms with Gasteiger partial charge in [0.1, 0.15) is 12.6 Å². The predicted octanol–water partition coefficient (Wildman–Crippen LogP) is 4.07. The van der Waals surface area contributed by atoms with Crippen LogP contribution in [-0.2, 0) is 30.6 Å². The van der Waals surface area contributed by atoms with E-state index in [1.807, 2.05) is 0 Å². The summed E-state index contributed by atoms with van der Waals surface area (Å²) < 4.78 is 85.9. The Labute approximate surface area is 212 Å². The number of carbonyl (C=O) groups excluding carboxylic acids is 2. The van der Waals surface area contributed by atoms with Crippen molar-refractivity contribution in [1.29, 1.82) is 0 Å². The molecular weight excluding hydrogens is 532 g/mol. The smallest absolute Gasteiger partial charge is 0.416 e. The van der Waals surface area contributed by atoms with Crippen LogP contribution in [0.5, 0.6) is 0 Å². The lowest BCUT2D eigenvalue weighted by Crippen LogP contribution is -2.59. The summed E-state index contributed by atoms with van der Waals surface area (Å²) in [5, 5.41) is 6.64. The maximum atomic E-state index is 13.4. The fraction of sp³-hybridized carbons (Fsp3) is 0.500. The number of hydrogen-bond donors (Lipinski definition) is 1. The van der Waals surface area contributed by atoms with Crippen LogP contribution in [0.25, 0.3) is 0 Å². The average molecular weight is 554 g/mol. The van der Waals surface area contributed by atoms with Crippen molar-refractivity contribution in [2.45, 2.75) is 44.5 Å². The third-order valence-corrected chi connectivity index (χ3v) is 6.24. The summed E-state index contributed by atoms with van der Waals surface area (Å²) in [7, 11) is 0. The molecule has 202 valence electrons. The quantitative estimate of drug-likeness (QED) is 0.580. The molecule has 0 bridgehead atoms. The molecule has 1 unspecified atom stereocenters. The standard InChI is InChI=1S/C22H22ClF6N5O3/c23-15-7-13(6-14(8-15)21(24,25)26)12-37-20(36)32-3-1-4-34-16(11-32)9-17(31-34)19(35)33-5-2-30-10-18(33)22(27,28)29/h6-9,18,30H,1-5,10-12H2. The van der Waals surface area contributed by atoms with Crippen LogP contribution in [-0.4, -0.2) is 70.0 Å². The number of carbonyl (C=O) groups is 2. The van der Waals surface area contributed by atoms with Crippen LogP contribution in [0.15, 0.2) is 24.3 Å². The number of fused-ring (bicyclic) bond motifs is 1. The van der Waals surface area contributed by atoms with Gasteiger partial charge in [0.25, 0.3) is 5.91 Å². The zero-order valence-electron chi connectivity index (χ0n) is 19.2. The first-order valence-corrected chi connectivity index (χ1v) is 11.6. The number of aromatic nitrogens is 2. The fourth-order valence-corrected chi connectivity index (χ4v) is 4.50. The van der Waals surface area contributed by atoms with Crippen molar-refractivity contribution in [3.05, 3.63) is 51.8 Å². The van der Waals surface area contributed by atoms with E-state index in [2.05, 4.69) is 10.4 Å². The van der Waals surface area contributed by atoms with E-state index in [1.165, 1.54) is 21.7 Å². The first-order chi connectivity index (χ1) is 17.3. The third-order valence-electron chi connectivity index (χ3n) is 6.02. The van der Waals surface area contributed by atoms with Crippen LogP contribution in [0.2, 0.25) is 5.02 Å². The lowest BCUT2D eigenvalue weighted by atomic mass is 10.1. The molecule has 37 heavy (non-hydrogen) atoms. The topological polar surface area (TPSA) is 79.7 Å². The van der Waals surface area contributed by atoms with Gasteiger partial charge in [-0.3, -0.25) is 9.48 Å².